The molecule has 4 N–H and O–H groups in total. The summed E-state index contributed by atoms with van der Waals surface area (Å²) in [6, 6.07) is 7.19. The van der Waals surface area contributed by atoms with E-state index in [9.17, 15) is 9.59 Å². The number of hydrogen-bond donors (Lipinski definition) is 3. The van der Waals surface area contributed by atoms with Crippen LogP contribution in [0.15, 0.2) is 24.3 Å². The maximum absolute atomic E-state index is 11.8. The van der Waals surface area contributed by atoms with Crippen LogP contribution in [0.2, 0.25) is 0 Å². The fraction of sp³-hybridized carbons (Fsp3) is 0.429. The molecule has 1 fully saturated rings. The summed E-state index contributed by atoms with van der Waals surface area (Å²) >= 11 is 0. The molecule has 1 aliphatic carbocycles. The quantitative estimate of drug-likeness (QED) is 0.746. The van der Waals surface area contributed by atoms with Gasteiger partial charge in [0.2, 0.25) is 5.91 Å². The van der Waals surface area contributed by atoms with Gasteiger partial charge in [0.05, 0.1) is 17.8 Å². The van der Waals surface area contributed by atoms with Gasteiger partial charge in [0, 0.05) is 6.04 Å². The largest absolute Gasteiger partial charge is 0.366 e. The van der Waals surface area contributed by atoms with E-state index in [2.05, 4.69) is 10.6 Å². The number of amides is 2. The number of nitrogens with two attached hydrogens (primary N) is 1. The summed E-state index contributed by atoms with van der Waals surface area (Å²) in [4.78, 5) is 23.0. The minimum Gasteiger partial charge on any atom is -0.366 e. The first-order valence-corrected chi connectivity index (χ1v) is 6.59. The predicted molar refractivity (Wildman–Crippen MR) is 73.8 cm³/mol. The van der Waals surface area contributed by atoms with E-state index in [0.29, 0.717) is 17.3 Å². The van der Waals surface area contributed by atoms with Gasteiger partial charge in [0.25, 0.3) is 5.91 Å². The van der Waals surface area contributed by atoms with Gasteiger partial charge in [0.15, 0.2) is 0 Å². The third kappa shape index (κ3) is 3.79. The second-order valence-electron chi connectivity index (χ2n) is 4.82. The molecule has 0 radical (unpaired) electrons. The molecule has 0 bridgehead atoms. The first kappa shape index (κ1) is 13.5. The van der Waals surface area contributed by atoms with Crippen LogP contribution in [0.25, 0.3) is 0 Å². The number of benzene rings is 1. The van der Waals surface area contributed by atoms with Gasteiger partial charge in [-0.1, -0.05) is 25.0 Å². The maximum atomic E-state index is 11.8. The highest BCUT2D eigenvalue weighted by atomic mass is 16.2. The zero-order valence-electron chi connectivity index (χ0n) is 10.8. The van der Waals surface area contributed by atoms with Crippen LogP contribution in [0.5, 0.6) is 0 Å². The van der Waals surface area contributed by atoms with Gasteiger partial charge in [-0.05, 0) is 25.0 Å². The number of rotatable bonds is 5. The van der Waals surface area contributed by atoms with Crippen molar-refractivity contribution in [3.05, 3.63) is 29.8 Å². The Kier molecular flexibility index (Phi) is 4.52. The van der Waals surface area contributed by atoms with E-state index >= 15 is 0 Å². The average Bonchev–Trinajstić information content (AvgIpc) is 2.90. The summed E-state index contributed by atoms with van der Waals surface area (Å²) < 4.78 is 0. The topological polar surface area (TPSA) is 84.2 Å². The van der Waals surface area contributed by atoms with Crippen LogP contribution < -0.4 is 16.4 Å². The van der Waals surface area contributed by atoms with E-state index in [4.69, 9.17) is 5.73 Å². The molecular weight excluding hydrogens is 242 g/mol. The van der Waals surface area contributed by atoms with Crippen molar-refractivity contribution >= 4 is 17.5 Å². The monoisotopic (exact) mass is 261 g/mol. The zero-order chi connectivity index (χ0) is 13.7. The highest BCUT2D eigenvalue weighted by molar-refractivity contribution is 6.03. The van der Waals surface area contributed by atoms with Crippen LogP contribution >= 0.6 is 0 Å². The molecule has 0 aliphatic heterocycles. The molecule has 0 unspecified atom stereocenters. The Balaban J connectivity index is 1.89. The second-order valence-corrected chi connectivity index (χ2v) is 4.82. The van der Waals surface area contributed by atoms with E-state index < -0.39 is 5.91 Å². The summed E-state index contributed by atoms with van der Waals surface area (Å²) in [6.07, 6.45) is 4.71. The van der Waals surface area contributed by atoms with Gasteiger partial charge in [0.1, 0.15) is 0 Å². The van der Waals surface area contributed by atoms with Crippen molar-refractivity contribution < 1.29 is 9.59 Å². The highest BCUT2D eigenvalue weighted by Crippen LogP contribution is 2.17. The van der Waals surface area contributed by atoms with Crippen molar-refractivity contribution in [2.24, 2.45) is 5.73 Å². The molecule has 0 spiro atoms. The van der Waals surface area contributed by atoms with Crippen molar-refractivity contribution in [3.63, 3.8) is 0 Å². The van der Waals surface area contributed by atoms with Gasteiger partial charge in [-0.15, -0.1) is 0 Å². The Morgan fingerprint density at radius 1 is 1.21 bits per heavy atom. The van der Waals surface area contributed by atoms with E-state index in [1.807, 2.05) is 0 Å². The third-order valence-electron chi connectivity index (χ3n) is 3.37. The molecular formula is C14H19N3O2. The minimum absolute atomic E-state index is 0.152. The molecule has 0 heterocycles. The van der Waals surface area contributed by atoms with Gasteiger partial charge < -0.3 is 16.4 Å². The van der Waals surface area contributed by atoms with Crippen LogP contribution in [-0.4, -0.2) is 24.4 Å². The second kappa shape index (κ2) is 6.33. The van der Waals surface area contributed by atoms with Gasteiger partial charge in [-0.2, -0.15) is 0 Å². The number of para-hydroxylation sites is 1. The Morgan fingerprint density at radius 2 is 1.89 bits per heavy atom. The average molecular weight is 261 g/mol. The summed E-state index contributed by atoms with van der Waals surface area (Å²) in [5, 5.41) is 5.94. The van der Waals surface area contributed by atoms with Gasteiger partial charge >= 0.3 is 0 Å². The minimum atomic E-state index is -0.542. The summed E-state index contributed by atoms with van der Waals surface area (Å²) in [7, 11) is 0. The molecule has 19 heavy (non-hydrogen) atoms. The molecule has 1 aromatic rings. The Labute approximate surface area is 112 Å². The molecule has 5 nitrogen and oxygen atoms in total. The van der Waals surface area contributed by atoms with Crippen molar-refractivity contribution in [2.75, 3.05) is 11.9 Å². The van der Waals surface area contributed by atoms with Gasteiger partial charge in [-0.3, -0.25) is 9.59 Å². The summed E-state index contributed by atoms with van der Waals surface area (Å²) in [5.74, 6) is -0.694. The standard InChI is InChI=1S/C14H19N3O2/c15-14(19)11-7-3-4-8-12(11)17-13(18)9-16-10-5-1-2-6-10/h3-4,7-8,10,16H,1-2,5-6,9H2,(H2,15,19)(H,17,18). The first-order valence-electron chi connectivity index (χ1n) is 6.59. The fourth-order valence-electron chi connectivity index (χ4n) is 2.37. The number of nitrogens with one attached hydrogen (secondary N) is 2. The van der Waals surface area contributed by atoms with Gasteiger partial charge in [-0.25, -0.2) is 0 Å². The Hall–Kier alpha value is -1.88. The van der Waals surface area contributed by atoms with Crippen LogP contribution in [-0.2, 0) is 4.79 Å². The normalized spacial score (nSPS) is 15.4. The molecule has 1 saturated carbocycles. The zero-order valence-corrected chi connectivity index (χ0v) is 10.8. The molecule has 1 aromatic carbocycles. The van der Waals surface area contributed by atoms with Crippen molar-refractivity contribution in [3.8, 4) is 0 Å². The van der Waals surface area contributed by atoms with E-state index in [0.717, 1.165) is 12.8 Å². The number of primary amides is 1. The Bertz CT molecular complexity index is 468. The van der Waals surface area contributed by atoms with Crippen LogP contribution in [0.3, 0.4) is 0 Å². The molecule has 0 saturated heterocycles. The van der Waals surface area contributed by atoms with E-state index in [-0.39, 0.29) is 12.5 Å². The lowest BCUT2D eigenvalue weighted by Gasteiger charge is -2.12. The number of carbonyl (C=O) groups excluding carboxylic acids is 2. The van der Waals surface area contributed by atoms with Crippen LogP contribution in [0.4, 0.5) is 5.69 Å². The molecule has 0 atom stereocenters. The molecule has 2 amide bonds. The van der Waals surface area contributed by atoms with Crippen molar-refractivity contribution in [1.82, 2.24) is 5.32 Å². The number of carbonyl (C=O) groups is 2. The number of anilines is 1. The molecule has 102 valence electrons. The maximum Gasteiger partial charge on any atom is 0.250 e. The highest BCUT2D eigenvalue weighted by Gasteiger charge is 2.16. The lowest BCUT2D eigenvalue weighted by Crippen LogP contribution is -2.34. The summed E-state index contributed by atoms with van der Waals surface area (Å²) in [5.41, 5.74) is 6.05. The van der Waals surface area contributed by atoms with E-state index in [1.165, 1.54) is 12.8 Å². The van der Waals surface area contributed by atoms with Crippen LogP contribution in [0.1, 0.15) is 36.0 Å². The lowest BCUT2D eigenvalue weighted by atomic mass is 10.1. The smallest absolute Gasteiger partial charge is 0.250 e. The predicted octanol–water partition coefficient (Wildman–Crippen LogP) is 1.26. The third-order valence-corrected chi connectivity index (χ3v) is 3.37. The van der Waals surface area contributed by atoms with Crippen molar-refractivity contribution in [1.29, 1.82) is 0 Å². The lowest BCUT2D eigenvalue weighted by molar-refractivity contribution is -0.115. The van der Waals surface area contributed by atoms with Crippen LogP contribution in [0, 0.1) is 0 Å². The summed E-state index contributed by atoms with van der Waals surface area (Å²) in [6.45, 7) is 0.262. The molecule has 1 aliphatic rings. The SMILES string of the molecule is NC(=O)c1ccccc1NC(=O)CNC1CCCC1. The van der Waals surface area contributed by atoms with Crippen molar-refractivity contribution in [2.45, 2.75) is 31.7 Å². The number of hydrogen-bond acceptors (Lipinski definition) is 3. The molecule has 5 heteroatoms. The fourth-order valence-corrected chi connectivity index (χ4v) is 2.37. The molecule has 2 rings (SSSR count). The Morgan fingerprint density at radius 3 is 2.58 bits per heavy atom. The van der Waals surface area contributed by atoms with E-state index in [1.54, 1.807) is 24.3 Å². The first-order chi connectivity index (χ1) is 9.16. The molecule has 0 aromatic heterocycles.